The third-order valence-electron chi connectivity index (χ3n) is 3.13. The second-order valence-electron chi connectivity index (χ2n) is 4.77. The van der Waals surface area contributed by atoms with Crippen molar-refractivity contribution in [1.82, 2.24) is 9.55 Å². The standard InChI is InChI=1S/C17H15N3OS/c1-20-12-11-18-17(20)22-15-9-7-14(8-10-15)19-16(21)13-5-3-2-4-6-13/h2-12H,1H3,(H,19,21). The number of nitrogens with one attached hydrogen (secondary N) is 1. The van der Waals surface area contributed by atoms with Crippen LogP contribution in [0.1, 0.15) is 10.4 Å². The Bertz CT molecular complexity index is 766. The van der Waals surface area contributed by atoms with Gasteiger partial charge in [0, 0.05) is 35.6 Å². The number of carbonyl (C=O) groups is 1. The Balaban J connectivity index is 1.67. The van der Waals surface area contributed by atoms with Gasteiger partial charge in [-0.3, -0.25) is 4.79 Å². The van der Waals surface area contributed by atoms with Crippen LogP contribution in [0.15, 0.2) is 77.0 Å². The lowest BCUT2D eigenvalue weighted by Crippen LogP contribution is -2.11. The second-order valence-corrected chi connectivity index (χ2v) is 5.81. The molecule has 22 heavy (non-hydrogen) atoms. The van der Waals surface area contributed by atoms with Crippen LogP contribution in [0.3, 0.4) is 0 Å². The molecule has 110 valence electrons. The zero-order chi connectivity index (χ0) is 15.4. The van der Waals surface area contributed by atoms with Gasteiger partial charge >= 0.3 is 0 Å². The summed E-state index contributed by atoms with van der Waals surface area (Å²) in [6, 6.07) is 16.9. The minimum absolute atomic E-state index is 0.106. The molecule has 0 saturated carbocycles. The average molecular weight is 309 g/mol. The third-order valence-corrected chi connectivity index (χ3v) is 4.22. The van der Waals surface area contributed by atoms with Crippen molar-refractivity contribution in [3.05, 3.63) is 72.6 Å². The molecular weight excluding hydrogens is 294 g/mol. The normalized spacial score (nSPS) is 10.4. The fraction of sp³-hybridized carbons (Fsp3) is 0.0588. The first-order chi connectivity index (χ1) is 10.7. The van der Waals surface area contributed by atoms with Crippen LogP contribution < -0.4 is 5.32 Å². The highest BCUT2D eigenvalue weighted by molar-refractivity contribution is 7.99. The van der Waals surface area contributed by atoms with Crippen LogP contribution >= 0.6 is 11.8 Å². The highest BCUT2D eigenvalue weighted by Crippen LogP contribution is 2.26. The third kappa shape index (κ3) is 3.38. The topological polar surface area (TPSA) is 46.9 Å². The highest BCUT2D eigenvalue weighted by atomic mass is 32.2. The number of aromatic nitrogens is 2. The quantitative estimate of drug-likeness (QED) is 0.797. The van der Waals surface area contributed by atoms with Gasteiger partial charge in [0.2, 0.25) is 0 Å². The predicted molar refractivity (Wildman–Crippen MR) is 88.2 cm³/mol. The van der Waals surface area contributed by atoms with Gasteiger partial charge in [0.05, 0.1) is 0 Å². The lowest BCUT2D eigenvalue weighted by molar-refractivity contribution is 0.102. The minimum Gasteiger partial charge on any atom is -0.329 e. The van der Waals surface area contributed by atoms with Crippen LogP contribution in [0.4, 0.5) is 5.69 Å². The number of carbonyl (C=O) groups excluding carboxylic acids is 1. The zero-order valence-corrected chi connectivity index (χ0v) is 12.9. The van der Waals surface area contributed by atoms with E-state index in [9.17, 15) is 4.79 Å². The van der Waals surface area contributed by atoms with Crippen molar-refractivity contribution in [3.63, 3.8) is 0 Å². The first-order valence-corrected chi connectivity index (χ1v) is 7.66. The Hall–Kier alpha value is -2.53. The molecule has 0 aliphatic rings. The summed E-state index contributed by atoms with van der Waals surface area (Å²) in [5.41, 5.74) is 1.42. The SMILES string of the molecule is Cn1ccnc1Sc1ccc(NC(=O)c2ccccc2)cc1. The zero-order valence-electron chi connectivity index (χ0n) is 12.1. The number of aryl methyl sites for hydroxylation is 1. The molecule has 0 saturated heterocycles. The molecule has 0 unspecified atom stereocenters. The Morgan fingerprint density at radius 1 is 1.09 bits per heavy atom. The average Bonchev–Trinajstić information content (AvgIpc) is 2.95. The van der Waals surface area contributed by atoms with Gasteiger partial charge in [-0.1, -0.05) is 30.0 Å². The predicted octanol–water partition coefficient (Wildman–Crippen LogP) is 3.82. The molecule has 0 radical (unpaired) electrons. The van der Waals surface area contributed by atoms with E-state index in [1.807, 2.05) is 60.3 Å². The molecular formula is C17H15N3OS. The lowest BCUT2D eigenvalue weighted by atomic mass is 10.2. The van der Waals surface area contributed by atoms with Crippen molar-refractivity contribution in [2.75, 3.05) is 5.32 Å². The molecule has 3 rings (SSSR count). The van der Waals surface area contributed by atoms with E-state index in [-0.39, 0.29) is 5.91 Å². The molecule has 1 aromatic heterocycles. The summed E-state index contributed by atoms with van der Waals surface area (Å²) < 4.78 is 1.97. The van der Waals surface area contributed by atoms with Crippen molar-refractivity contribution in [1.29, 1.82) is 0 Å². The van der Waals surface area contributed by atoms with Gasteiger partial charge in [-0.05, 0) is 36.4 Å². The number of hydrogen-bond acceptors (Lipinski definition) is 3. The molecule has 0 aliphatic heterocycles. The molecule has 0 fully saturated rings. The lowest BCUT2D eigenvalue weighted by Gasteiger charge is -2.06. The van der Waals surface area contributed by atoms with E-state index in [1.54, 1.807) is 30.1 Å². The molecule has 1 N–H and O–H groups in total. The van der Waals surface area contributed by atoms with Crippen molar-refractivity contribution >= 4 is 23.4 Å². The summed E-state index contributed by atoms with van der Waals surface area (Å²) in [5, 5.41) is 3.82. The summed E-state index contributed by atoms with van der Waals surface area (Å²) in [6.45, 7) is 0. The number of amides is 1. The highest BCUT2D eigenvalue weighted by Gasteiger charge is 2.06. The fourth-order valence-electron chi connectivity index (χ4n) is 1.95. The molecule has 5 heteroatoms. The number of imidazole rings is 1. The monoisotopic (exact) mass is 309 g/mol. The summed E-state index contributed by atoms with van der Waals surface area (Å²) in [7, 11) is 1.96. The van der Waals surface area contributed by atoms with Crippen molar-refractivity contribution in [3.8, 4) is 0 Å². The smallest absolute Gasteiger partial charge is 0.255 e. The summed E-state index contributed by atoms with van der Waals surface area (Å²) in [4.78, 5) is 17.4. The van der Waals surface area contributed by atoms with E-state index in [0.29, 0.717) is 5.56 Å². The number of anilines is 1. The van der Waals surface area contributed by atoms with Crippen LogP contribution in [-0.2, 0) is 7.05 Å². The van der Waals surface area contributed by atoms with E-state index in [2.05, 4.69) is 10.3 Å². The summed E-state index contributed by atoms with van der Waals surface area (Å²) in [5.74, 6) is -0.106. The van der Waals surface area contributed by atoms with Crippen molar-refractivity contribution in [2.24, 2.45) is 7.05 Å². The Kier molecular flexibility index (Phi) is 4.25. The largest absolute Gasteiger partial charge is 0.329 e. The Morgan fingerprint density at radius 2 is 1.82 bits per heavy atom. The Labute approximate surface area is 133 Å². The summed E-state index contributed by atoms with van der Waals surface area (Å²) in [6.07, 6.45) is 3.69. The van der Waals surface area contributed by atoms with E-state index in [0.717, 1.165) is 15.7 Å². The molecule has 0 aliphatic carbocycles. The maximum Gasteiger partial charge on any atom is 0.255 e. The molecule has 4 nitrogen and oxygen atoms in total. The van der Waals surface area contributed by atoms with Crippen LogP contribution in [0.25, 0.3) is 0 Å². The minimum atomic E-state index is -0.106. The van der Waals surface area contributed by atoms with Crippen LogP contribution in [-0.4, -0.2) is 15.5 Å². The number of rotatable bonds is 4. The van der Waals surface area contributed by atoms with Gasteiger partial charge in [-0.25, -0.2) is 4.98 Å². The van der Waals surface area contributed by atoms with Crippen LogP contribution in [0.5, 0.6) is 0 Å². The first kappa shape index (κ1) is 14.4. The first-order valence-electron chi connectivity index (χ1n) is 6.84. The van der Waals surface area contributed by atoms with E-state index >= 15 is 0 Å². The van der Waals surface area contributed by atoms with Crippen molar-refractivity contribution in [2.45, 2.75) is 10.1 Å². The van der Waals surface area contributed by atoms with Gasteiger partial charge in [0.1, 0.15) is 0 Å². The molecule has 0 bridgehead atoms. The van der Waals surface area contributed by atoms with E-state index in [1.165, 1.54) is 0 Å². The molecule has 1 heterocycles. The Morgan fingerprint density at radius 3 is 2.45 bits per heavy atom. The maximum absolute atomic E-state index is 12.1. The van der Waals surface area contributed by atoms with Crippen LogP contribution in [0, 0.1) is 0 Å². The maximum atomic E-state index is 12.1. The second kappa shape index (κ2) is 6.49. The molecule has 1 amide bonds. The molecule has 3 aromatic rings. The number of hydrogen-bond donors (Lipinski definition) is 1. The number of nitrogens with zero attached hydrogens (tertiary/aromatic N) is 2. The molecule has 0 atom stereocenters. The molecule has 2 aromatic carbocycles. The van der Waals surface area contributed by atoms with Gasteiger partial charge in [-0.2, -0.15) is 0 Å². The van der Waals surface area contributed by atoms with Gasteiger partial charge in [0.25, 0.3) is 5.91 Å². The van der Waals surface area contributed by atoms with Gasteiger partial charge < -0.3 is 9.88 Å². The van der Waals surface area contributed by atoms with E-state index in [4.69, 9.17) is 0 Å². The summed E-state index contributed by atoms with van der Waals surface area (Å²) >= 11 is 1.58. The number of benzene rings is 2. The van der Waals surface area contributed by atoms with Crippen molar-refractivity contribution < 1.29 is 4.79 Å². The van der Waals surface area contributed by atoms with Crippen LogP contribution in [0.2, 0.25) is 0 Å². The van der Waals surface area contributed by atoms with E-state index < -0.39 is 0 Å². The van der Waals surface area contributed by atoms with Gasteiger partial charge in [-0.15, -0.1) is 0 Å². The van der Waals surface area contributed by atoms with Gasteiger partial charge in [0.15, 0.2) is 5.16 Å². The fourth-order valence-corrected chi connectivity index (χ4v) is 2.76. The molecule has 0 spiro atoms.